The van der Waals surface area contributed by atoms with Crippen molar-refractivity contribution in [2.75, 3.05) is 5.32 Å². The molecule has 0 radical (unpaired) electrons. The number of fused-ring (bicyclic) bond motifs is 1. The van der Waals surface area contributed by atoms with Crippen molar-refractivity contribution >= 4 is 22.5 Å². The summed E-state index contributed by atoms with van der Waals surface area (Å²) in [6, 6.07) is 21.1. The number of aryl methyl sites for hydroxylation is 1. The van der Waals surface area contributed by atoms with Gasteiger partial charge in [-0.2, -0.15) is 8.78 Å². The summed E-state index contributed by atoms with van der Waals surface area (Å²) in [6.45, 7) is -2.94. The van der Waals surface area contributed by atoms with Crippen LogP contribution in [0.2, 0.25) is 0 Å². The number of anilines is 1. The second-order valence-electron chi connectivity index (χ2n) is 7.79. The molecule has 4 rings (SSSR count). The Balaban J connectivity index is 1.39. The monoisotopic (exact) mass is 463 g/mol. The lowest BCUT2D eigenvalue weighted by atomic mass is 10.0. The van der Waals surface area contributed by atoms with Crippen molar-refractivity contribution in [3.8, 4) is 5.75 Å². The van der Waals surface area contributed by atoms with Crippen LogP contribution in [0.4, 0.5) is 14.5 Å². The minimum Gasteiger partial charge on any atom is -0.435 e. The molecule has 0 atom stereocenters. The van der Waals surface area contributed by atoms with Crippen molar-refractivity contribution in [1.82, 2.24) is 9.97 Å². The third-order valence-electron chi connectivity index (χ3n) is 5.28. The summed E-state index contributed by atoms with van der Waals surface area (Å²) >= 11 is 0. The molecule has 34 heavy (non-hydrogen) atoms. The quantitative estimate of drug-likeness (QED) is 0.363. The van der Waals surface area contributed by atoms with Gasteiger partial charge in [0.2, 0.25) is 5.91 Å². The summed E-state index contributed by atoms with van der Waals surface area (Å²) in [7, 11) is 0. The first-order valence-electron chi connectivity index (χ1n) is 10.9. The van der Waals surface area contributed by atoms with E-state index in [1.807, 2.05) is 36.4 Å². The number of H-pyrrole nitrogens is 1. The number of nitrogens with one attached hydrogen (secondary N) is 2. The summed E-state index contributed by atoms with van der Waals surface area (Å²) in [4.78, 5) is 31.8. The molecule has 0 fully saturated rings. The summed E-state index contributed by atoms with van der Waals surface area (Å²) in [6.07, 6.45) is 1.51. The Bertz CT molecular complexity index is 1340. The van der Waals surface area contributed by atoms with Crippen LogP contribution in [0, 0.1) is 0 Å². The molecule has 0 saturated carbocycles. The molecule has 0 spiro atoms. The fourth-order valence-corrected chi connectivity index (χ4v) is 3.72. The fraction of sp³-hybridized carbons (Fsp3) is 0.192. The number of halogens is 2. The number of benzene rings is 3. The fourth-order valence-electron chi connectivity index (χ4n) is 3.72. The van der Waals surface area contributed by atoms with Gasteiger partial charge in [-0.25, -0.2) is 4.98 Å². The van der Waals surface area contributed by atoms with E-state index in [-0.39, 0.29) is 23.6 Å². The highest BCUT2D eigenvalue weighted by Gasteiger charge is 2.13. The number of aromatic amines is 1. The van der Waals surface area contributed by atoms with E-state index in [4.69, 9.17) is 0 Å². The molecule has 0 unspecified atom stereocenters. The lowest BCUT2D eigenvalue weighted by Crippen LogP contribution is -2.14. The number of hydrogen-bond donors (Lipinski definition) is 2. The van der Waals surface area contributed by atoms with Gasteiger partial charge in [0.15, 0.2) is 0 Å². The molecule has 8 heteroatoms. The Morgan fingerprint density at radius 3 is 2.59 bits per heavy atom. The van der Waals surface area contributed by atoms with E-state index in [0.29, 0.717) is 47.2 Å². The molecule has 4 aromatic rings. The van der Waals surface area contributed by atoms with Crippen LogP contribution in [-0.2, 0) is 17.6 Å². The van der Waals surface area contributed by atoms with Gasteiger partial charge in [-0.15, -0.1) is 0 Å². The molecule has 174 valence electrons. The van der Waals surface area contributed by atoms with Gasteiger partial charge in [0.25, 0.3) is 5.56 Å². The second kappa shape index (κ2) is 10.7. The van der Waals surface area contributed by atoms with E-state index < -0.39 is 6.61 Å². The van der Waals surface area contributed by atoms with E-state index in [0.717, 1.165) is 5.56 Å². The van der Waals surface area contributed by atoms with E-state index in [1.165, 1.54) is 12.1 Å². The minimum atomic E-state index is -2.94. The third kappa shape index (κ3) is 6.04. The van der Waals surface area contributed by atoms with Crippen LogP contribution < -0.4 is 15.6 Å². The van der Waals surface area contributed by atoms with Gasteiger partial charge < -0.3 is 15.0 Å². The van der Waals surface area contributed by atoms with E-state index in [9.17, 15) is 18.4 Å². The molecular weight excluding hydrogens is 440 g/mol. The summed E-state index contributed by atoms with van der Waals surface area (Å²) in [5.41, 5.74) is 2.38. The Morgan fingerprint density at radius 1 is 1.03 bits per heavy atom. The number of carbonyl (C=O) groups excluding carboxylic acids is 1. The Hall–Kier alpha value is -4.07. The maximum atomic E-state index is 12.8. The first-order chi connectivity index (χ1) is 16.5. The molecule has 1 heterocycles. The van der Waals surface area contributed by atoms with Gasteiger partial charge in [-0.3, -0.25) is 9.59 Å². The van der Waals surface area contributed by atoms with Gasteiger partial charge in [0.05, 0.1) is 10.9 Å². The van der Waals surface area contributed by atoms with Crippen molar-refractivity contribution in [3.63, 3.8) is 0 Å². The molecule has 0 aliphatic rings. The van der Waals surface area contributed by atoms with Crippen LogP contribution in [0.15, 0.2) is 77.6 Å². The molecule has 3 aromatic carbocycles. The highest BCUT2D eigenvalue weighted by Crippen LogP contribution is 2.27. The first-order valence-corrected chi connectivity index (χ1v) is 10.9. The lowest BCUT2D eigenvalue weighted by molar-refractivity contribution is -0.116. The number of ether oxygens (including phenoxy) is 1. The topological polar surface area (TPSA) is 84.1 Å². The van der Waals surface area contributed by atoms with E-state index in [2.05, 4.69) is 20.0 Å². The molecule has 1 aromatic heterocycles. The first kappa shape index (κ1) is 23.1. The molecule has 6 nitrogen and oxygen atoms in total. The number of carbonyl (C=O) groups is 1. The zero-order valence-corrected chi connectivity index (χ0v) is 18.3. The predicted octanol–water partition coefficient (Wildman–Crippen LogP) is 5.08. The molecule has 0 aliphatic carbocycles. The predicted molar refractivity (Wildman–Crippen MR) is 126 cm³/mol. The highest BCUT2D eigenvalue weighted by atomic mass is 19.3. The van der Waals surface area contributed by atoms with Gasteiger partial charge >= 0.3 is 6.61 Å². The largest absolute Gasteiger partial charge is 0.435 e. The molecule has 1 amide bonds. The number of nitrogens with zero attached hydrogens (tertiary/aromatic N) is 1. The second-order valence-corrected chi connectivity index (χ2v) is 7.79. The summed E-state index contributed by atoms with van der Waals surface area (Å²) in [5, 5.41) is 3.32. The lowest BCUT2D eigenvalue weighted by Gasteiger charge is -2.13. The third-order valence-corrected chi connectivity index (χ3v) is 5.28. The number of rotatable bonds is 9. The standard InChI is InChI=1S/C26H23F2N3O3/c27-26(28)34-22-14-13-19(16-18(22)15-17-7-2-1-3-8-17)29-24(32)12-6-11-23-30-21-10-5-4-9-20(21)25(33)31-23/h1-5,7-10,13-14,16,26H,6,11-12,15H2,(H,29,32)(H,30,31,33). The molecule has 0 aliphatic heterocycles. The van der Waals surface area contributed by atoms with Crippen LogP contribution in [0.25, 0.3) is 10.9 Å². The van der Waals surface area contributed by atoms with E-state index in [1.54, 1.807) is 24.3 Å². The van der Waals surface area contributed by atoms with Crippen LogP contribution in [0.1, 0.15) is 29.8 Å². The zero-order valence-electron chi connectivity index (χ0n) is 18.3. The van der Waals surface area contributed by atoms with Gasteiger partial charge in [0, 0.05) is 30.5 Å². The highest BCUT2D eigenvalue weighted by molar-refractivity contribution is 5.90. The number of para-hydroxylation sites is 1. The SMILES string of the molecule is O=C(CCCc1nc2ccccc2c(=O)[nH]1)Nc1ccc(OC(F)F)c(Cc2ccccc2)c1. The van der Waals surface area contributed by atoms with Crippen LogP contribution >= 0.6 is 0 Å². The number of hydrogen-bond acceptors (Lipinski definition) is 4. The Morgan fingerprint density at radius 2 is 1.79 bits per heavy atom. The maximum Gasteiger partial charge on any atom is 0.387 e. The van der Waals surface area contributed by atoms with Crippen molar-refractivity contribution < 1.29 is 18.3 Å². The number of amides is 1. The van der Waals surface area contributed by atoms with Gasteiger partial charge in [-0.05, 0) is 42.3 Å². The van der Waals surface area contributed by atoms with Crippen molar-refractivity contribution in [3.05, 3.63) is 100 Å². The molecule has 0 saturated heterocycles. The normalized spacial score (nSPS) is 11.0. The van der Waals surface area contributed by atoms with Crippen molar-refractivity contribution in [1.29, 1.82) is 0 Å². The van der Waals surface area contributed by atoms with Crippen LogP contribution in [0.3, 0.4) is 0 Å². The smallest absolute Gasteiger partial charge is 0.387 e. The van der Waals surface area contributed by atoms with Gasteiger partial charge in [-0.1, -0.05) is 42.5 Å². The molecule has 0 bridgehead atoms. The van der Waals surface area contributed by atoms with Crippen LogP contribution in [0.5, 0.6) is 5.75 Å². The maximum absolute atomic E-state index is 12.8. The number of aromatic nitrogens is 2. The molecular formula is C26H23F2N3O3. The Kier molecular flexibility index (Phi) is 7.27. The van der Waals surface area contributed by atoms with Crippen LogP contribution in [-0.4, -0.2) is 22.5 Å². The van der Waals surface area contributed by atoms with Gasteiger partial charge in [0.1, 0.15) is 11.6 Å². The minimum absolute atomic E-state index is 0.0724. The molecule has 2 N–H and O–H groups in total. The Labute approximate surface area is 194 Å². The van der Waals surface area contributed by atoms with E-state index >= 15 is 0 Å². The summed E-state index contributed by atoms with van der Waals surface area (Å²) < 4.78 is 30.3. The summed E-state index contributed by atoms with van der Waals surface area (Å²) in [5.74, 6) is 0.370. The van der Waals surface area contributed by atoms with Crippen molar-refractivity contribution in [2.45, 2.75) is 32.3 Å². The van der Waals surface area contributed by atoms with Crippen molar-refractivity contribution in [2.24, 2.45) is 0 Å². The number of alkyl halides is 2. The average Bonchev–Trinajstić information content (AvgIpc) is 2.81. The zero-order chi connectivity index (χ0) is 23.9. The average molecular weight is 463 g/mol.